The summed E-state index contributed by atoms with van der Waals surface area (Å²) in [5, 5.41) is 0. The molecule has 0 bridgehead atoms. The summed E-state index contributed by atoms with van der Waals surface area (Å²) in [4.78, 5) is 22.9. The van der Waals surface area contributed by atoms with Crippen LogP contribution in [0.25, 0.3) is 0 Å². The van der Waals surface area contributed by atoms with Crippen LogP contribution in [-0.2, 0) is 28.5 Å². The molecule has 0 aromatic carbocycles. The van der Waals surface area contributed by atoms with Crippen molar-refractivity contribution in [2.24, 2.45) is 5.92 Å². The zero-order valence-electron chi connectivity index (χ0n) is 12.3. The van der Waals surface area contributed by atoms with E-state index < -0.39 is 18.2 Å². The Morgan fingerprint density at radius 1 is 0.900 bits per heavy atom. The van der Waals surface area contributed by atoms with E-state index in [1.165, 1.54) is 12.5 Å². The van der Waals surface area contributed by atoms with E-state index >= 15 is 0 Å². The van der Waals surface area contributed by atoms with E-state index in [0.29, 0.717) is 13.2 Å². The molecule has 0 saturated heterocycles. The summed E-state index contributed by atoms with van der Waals surface area (Å²) in [5.41, 5.74) is 0. The van der Waals surface area contributed by atoms with Gasteiger partial charge in [0, 0.05) is 5.92 Å². The molecule has 20 heavy (non-hydrogen) atoms. The number of ether oxygens (including phenoxy) is 4. The first-order valence-corrected chi connectivity index (χ1v) is 6.48. The molecule has 0 aromatic heterocycles. The van der Waals surface area contributed by atoms with Gasteiger partial charge < -0.3 is 18.9 Å². The van der Waals surface area contributed by atoms with Crippen LogP contribution < -0.4 is 0 Å². The molecular formula is C14H22O6. The highest BCUT2D eigenvalue weighted by atomic mass is 16.7. The minimum Gasteiger partial charge on any atom is -0.501 e. The number of hydrogen-bond acceptors (Lipinski definition) is 6. The summed E-state index contributed by atoms with van der Waals surface area (Å²) in [6.45, 7) is 8.02. The maximum absolute atomic E-state index is 11.5. The third-order valence-corrected chi connectivity index (χ3v) is 1.94. The van der Waals surface area contributed by atoms with Gasteiger partial charge in [0.15, 0.2) is 0 Å². The lowest BCUT2D eigenvalue weighted by atomic mass is 10.2. The molecule has 0 N–H and O–H groups in total. The molecule has 0 atom stereocenters. The van der Waals surface area contributed by atoms with Crippen molar-refractivity contribution in [3.05, 3.63) is 24.7 Å². The second-order valence-corrected chi connectivity index (χ2v) is 4.00. The van der Waals surface area contributed by atoms with Crippen LogP contribution in [0.5, 0.6) is 0 Å². The summed E-state index contributed by atoms with van der Waals surface area (Å²) in [7, 11) is 0. The summed E-state index contributed by atoms with van der Waals surface area (Å²) in [5.74, 6) is -1.46. The number of carbonyl (C=O) groups is 2. The molecule has 114 valence electrons. The SMILES string of the molecule is CCOC=CC(=O)OC(OC(=O)C=COCC)C(C)C. The molecule has 0 amide bonds. The van der Waals surface area contributed by atoms with Gasteiger partial charge in [-0.2, -0.15) is 0 Å². The minimum absolute atomic E-state index is 0.177. The Hall–Kier alpha value is -1.98. The molecule has 0 heterocycles. The smallest absolute Gasteiger partial charge is 0.336 e. The molecule has 0 saturated carbocycles. The van der Waals surface area contributed by atoms with Crippen LogP contribution >= 0.6 is 0 Å². The van der Waals surface area contributed by atoms with Crippen molar-refractivity contribution < 1.29 is 28.5 Å². The Morgan fingerprint density at radius 3 is 1.60 bits per heavy atom. The fraction of sp³-hybridized carbons (Fsp3) is 0.571. The number of carbonyl (C=O) groups excluding carboxylic acids is 2. The largest absolute Gasteiger partial charge is 0.501 e. The lowest BCUT2D eigenvalue weighted by Gasteiger charge is -2.19. The molecule has 0 aliphatic carbocycles. The van der Waals surface area contributed by atoms with Crippen molar-refractivity contribution in [1.29, 1.82) is 0 Å². The van der Waals surface area contributed by atoms with E-state index in [1.54, 1.807) is 27.7 Å². The van der Waals surface area contributed by atoms with Crippen molar-refractivity contribution >= 4 is 11.9 Å². The van der Waals surface area contributed by atoms with E-state index in [9.17, 15) is 9.59 Å². The highest BCUT2D eigenvalue weighted by Crippen LogP contribution is 2.09. The van der Waals surface area contributed by atoms with Gasteiger partial charge in [-0.25, -0.2) is 9.59 Å². The second-order valence-electron chi connectivity index (χ2n) is 4.00. The molecule has 0 rings (SSSR count). The summed E-state index contributed by atoms with van der Waals surface area (Å²) in [6.07, 6.45) is 3.76. The average Bonchev–Trinajstić information content (AvgIpc) is 2.38. The first kappa shape index (κ1) is 18.0. The van der Waals surface area contributed by atoms with Gasteiger partial charge in [0.1, 0.15) is 0 Å². The summed E-state index contributed by atoms with van der Waals surface area (Å²) < 4.78 is 19.8. The Bertz CT molecular complexity index is 316. The average molecular weight is 286 g/mol. The minimum atomic E-state index is -0.965. The van der Waals surface area contributed by atoms with Crippen molar-refractivity contribution in [3.8, 4) is 0 Å². The predicted molar refractivity (Wildman–Crippen MR) is 72.3 cm³/mol. The quantitative estimate of drug-likeness (QED) is 0.280. The van der Waals surface area contributed by atoms with Crippen LogP contribution in [0.3, 0.4) is 0 Å². The van der Waals surface area contributed by atoms with Gasteiger partial charge in [-0.3, -0.25) is 0 Å². The van der Waals surface area contributed by atoms with Gasteiger partial charge in [-0.15, -0.1) is 0 Å². The second kappa shape index (κ2) is 10.9. The van der Waals surface area contributed by atoms with Crippen LogP contribution in [-0.4, -0.2) is 31.4 Å². The summed E-state index contributed by atoms with van der Waals surface area (Å²) >= 11 is 0. The van der Waals surface area contributed by atoms with Crippen LogP contribution in [0.2, 0.25) is 0 Å². The van der Waals surface area contributed by atoms with Crippen molar-refractivity contribution in [2.45, 2.75) is 34.0 Å². The molecule has 0 unspecified atom stereocenters. The maximum atomic E-state index is 11.5. The van der Waals surface area contributed by atoms with Crippen molar-refractivity contribution in [1.82, 2.24) is 0 Å². The molecule has 0 fully saturated rings. The Labute approximate surface area is 119 Å². The Morgan fingerprint density at radius 2 is 1.30 bits per heavy atom. The number of rotatable bonds is 9. The lowest BCUT2D eigenvalue weighted by molar-refractivity contribution is -0.188. The van der Waals surface area contributed by atoms with Crippen molar-refractivity contribution in [3.63, 3.8) is 0 Å². The zero-order chi connectivity index (χ0) is 15.4. The van der Waals surface area contributed by atoms with Gasteiger partial charge in [-0.1, -0.05) is 13.8 Å². The molecule has 0 aliphatic heterocycles. The normalized spacial score (nSPS) is 12.7. The van der Waals surface area contributed by atoms with Crippen LogP contribution in [0.15, 0.2) is 24.7 Å². The molecule has 6 nitrogen and oxygen atoms in total. The number of hydrogen-bond donors (Lipinski definition) is 0. The van der Waals surface area contributed by atoms with E-state index in [4.69, 9.17) is 18.9 Å². The lowest BCUT2D eigenvalue weighted by Crippen LogP contribution is -2.28. The Balaban J connectivity index is 4.36. The third-order valence-electron chi connectivity index (χ3n) is 1.94. The van der Waals surface area contributed by atoms with Crippen LogP contribution in [0.4, 0.5) is 0 Å². The van der Waals surface area contributed by atoms with Crippen LogP contribution in [0, 0.1) is 5.92 Å². The maximum Gasteiger partial charge on any atom is 0.336 e. The summed E-state index contributed by atoms with van der Waals surface area (Å²) in [6, 6.07) is 0. The van der Waals surface area contributed by atoms with Gasteiger partial charge in [0.05, 0.1) is 37.9 Å². The first-order valence-electron chi connectivity index (χ1n) is 6.48. The monoisotopic (exact) mass is 286 g/mol. The molecule has 0 spiro atoms. The molecular weight excluding hydrogens is 264 g/mol. The third kappa shape index (κ3) is 9.02. The molecule has 6 heteroatoms. The fourth-order valence-corrected chi connectivity index (χ4v) is 1.00. The van der Waals surface area contributed by atoms with Crippen LogP contribution in [0.1, 0.15) is 27.7 Å². The van der Waals surface area contributed by atoms with E-state index in [1.807, 2.05) is 0 Å². The first-order chi connectivity index (χ1) is 9.51. The highest BCUT2D eigenvalue weighted by Gasteiger charge is 2.20. The number of esters is 2. The van der Waals surface area contributed by atoms with Gasteiger partial charge >= 0.3 is 11.9 Å². The zero-order valence-corrected chi connectivity index (χ0v) is 12.3. The fourth-order valence-electron chi connectivity index (χ4n) is 1.00. The van der Waals surface area contributed by atoms with E-state index in [-0.39, 0.29) is 5.92 Å². The van der Waals surface area contributed by atoms with Gasteiger partial charge in [0.25, 0.3) is 0 Å². The van der Waals surface area contributed by atoms with E-state index in [2.05, 4.69) is 0 Å². The highest BCUT2D eigenvalue weighted by molar-refractivity contribution is 5.83. The van der Waals surface area contributed by atoms with Gasteiger partial charge in [-0.05, 0) is 13.8 Å². The van der Waals surface area contributed by atoms with Gasteiger partial charge in [0.2, 0.25) is 6.29 Å². The predicted octanol–water partition coefficient (Wildman–Crippen LogP) is 2.16. The Kier molecular flexibility index (Phi) is 9.82. The van der Waals surface area contributed by atoms with Crippen molar-refractivity contribution in [2.75, 3.05) is 13.2 Å². The topological polar surface area (TPSA) is 71.1 Å². The molecule has 0 aliphatic rings. The molecule has 0 aromatic rings. The van der Waals surface area contributed by atoms with E-state index in [0.717, 1.165) is 12.2 Å². The standard InChI is InChI=1S/C14H22O6/c1-5-17-9-7-12(15)19-14(11(3)4)20-13(16)8-10-18-6-2/h7-11,14H,5-6H2,1-4H3. The molecule has 0 radical (unpaired) electrons.